The molecule has 0 aliphatic rings. The Labute approximate surface area is 114 Å². The van der Waals surface area contributed by atoms with Crippen molar-refractivity contribution in [1.82, 2.24) is 4.90 Å². The number of nitrogens with one attached hydrogen (secondary N) is 1. The first-order valence-electron chi connectivity index (χ1n) is 6.13. The molecule has 106 valence electrons. The lowest BCUT2D eigenvalue weighted by molar-refractivity contribution is -0.124. The summed E-state index contributed by atoms with van der Waals surface area (Å²) in [4.78, 5) is 13.9. The van der Waals surface area contributed by atoms with Gasteiger partial charge in [0, 0.05) is 13.7 Å². The van der Waals surface area contributed by atoms with Crippen LogP contribution >= 0.6 is 0 Å². The standard InChI is InChI=1S/C14H22N2O3/c1-10(18-4)14(17)15-12-8-11(9-16(2)3)6-7-13(12)19-5/h6-8,10H,9H2,1-5H3,(H,15,17). The molecule has 0 fully saturated rings. The predicted octanol–water partition coefficient (Wildman–Crippen LogP) is 1.73. The minimum Gasteiger partial charge on any atom is -0.495 e. The number of hydrogen-bond acceptors (Lipinski definition) is 4. The number of benzene rings is 1. The molecular weight excluding hydrogens is 244 g/mol. The number of carbonyl (C=O) groups is 1. The van der Waals surface area contributed by atoms with E-state index in [4.69, 9.17) is 9.47 Å². The molecule has 0 aliphatic heterocycles. The normalized spacial score (nSPS) is 12.3. The van der Waals surface area contributed by atoms with Crippen LogP contribution in [0.5, 0.6) is 5.75 Å². The van der Waals surface area contributed by atoms with E-state index in [1.165, 1.54) is 7.11 Å². The van der Waals surface area contributed by atoms with Gasteiger partial charge in [0.15, 0.2) is 0 Å². The molecule has 0 heterocycles. The van der Waals surface area contributed by atoms with Crippen molar-refractivity contribution in [2.75, 3.05) is 33.6 Å². The summed E-state index contributed by atoms with van der Waals surface area (Å²) in [6.45, 7) is 2.50. The third-order valence-corrected chi connectivity index (χ3v) is 2.74. The third-order valence-electron chi connectivity index (χ3n) is 2.74. The van der Waals surface area contributed by atoms with Gasteiger partial charge in [-0.1, -0.05) is 6.07 Å². The number of rotatable bonds is 6. The van der Waals surface area contributed by atoms with Crippen LogP contribution < -0.4 is 10.1 Å². The topological polar surface area (TPSA) is 50.8 Å². The van der Waals surface area contributed by atoms with E-state index in [0.717, 1.165) is 12.1 Å². The van der Waals surface area contributed by atoms with E-state index in [2.05, 4.69) is 10.2 Å². The molecule has 1 unspecified atom stereocenters. The SMILES string of the molecule is COc1ccc(CN(C)C)cc1NC(=O)C(C)OC. The highest BCUT2D eigenvalue weighted by atomic mass is 16.5. The highest BCUT2D eigenvalue weighted by Crippen LogP contribution is 2.26. The van der Waals surface area contributed by atoms with E-state index in [-0.39, 0.29) is 5.91 Å². The van der Waals surface area contributed by atoms with E-state index in [0.29, 0.717) is 11.4 Å². The van der Waals surface area contributed by atoms with Gasteiger partial charge in [0.25, 0.3) is 5.91 Å². The minimum absolute atomic E-state index is 0.192. The van der Waals surface area contributed by atoms with Gasteiger partial charge in [-0.3, -0.25) is 4.79 Å². The Morgan fingerprint density at radius 3 is 2.58 bits per heavy atom. The van der Waals surface area contributed by atoms with Gasteiger partial charge in [0.2, 0.25) is 0 Å². The number of carbonyl (C=O) groups excluding carboxylic acids is 1. The molecule has 1 aromatic carbocycles. The largest absolute Gasteiger partial charge is 0.495 e. The lowest BCUT2D eigenvalue weighted by Gasteiger charge is -2.16. The van der Waals surface area contributed by atoms with Crippen LogP contribution in [-0.4, -0.2) is 45.2 Å². The Bertz CT molecular complexity index is 433. The second-order valence-corrected chi connectivity index (χ2v) is 4.64. The zero-order chi connectivity index (χ0) is 14.4. The zero-order valence-corrected chi connectivity index (χ0v) is 12.2. The summed E-state index contributed by atoms with van der Waals surface area (Å²) < 4.78 is 10.2. The maximum atomic E-state index is 11.8. The first-order chi connectivity index (χ1) is 8.97. The van der Waals surface area contributed by atoms with Crippen LogP contribution in [-0.2, 0) is 16.1 Å². The Morgan fingerprint density at radius 2 is 2.05 bits per heavy atom. The molecule has 0 saturated carbocycles. The predicted molar refractivity (Wildman–Crippen MR) is 75.5 cm³/mol. The average Bonchev–Trinajstić information content (AvgIpc) is 2.37. The first-order valence-corrected chi connectivity index (χ1v) is 6.13. The van der Waals surface area contributed by atoms with Crippen LogP contribution in [0.1, 0.15) is 12.5 Å². The Morgan fingerprint density at radius 1 is 1.37 bits per heavy atom. The Kier molecular flexibility index (Phi) is 5.79. The molecule has 1 amide bonds. The number of ether oxygens (including phenoxy) is 2. The number of anilines is 1. The van der Waals surface area contributed by atoms with Crippen molar-refractivity contribution in [2.24, 2.45) is 0 Å². The molecule has 1 atom stereocenters. The highest BCUT2D eigenvalue weighted by Gasteiger charge is 2.14. The van der Waals surface area contributed by atoms with Crippen LogP contribution in [0.15, 0.2) is 18.2 Å². The summed E-state index contributed by atoms with van der Waals surface area (Å²) in [6, 6.07) is 5.75. The van der Waals surface area contributed by atoms with Gasteiger partial charge in [0.1, 0.15) is 11.9 Å². The molecule has 1 aromatic rings. The fourth-order valence-electron chi connectivity index (χ4n) is 1.66. The summed E-state index contributed by atoms with van der Waals surface area (Å²) in [6.07, 6.45) is -0.498. The summed E-state index contributed by atoms with van der Waals surface area (Å²) >= 11 is 0. The van der Waals surface area contributed by atoms with E-state index in [9.17, 15) is 4.79 Å². The van der Waals surface area contributed by atoms with Crippen LogP contribution in [0.4, 0.5) is 5.69 Å². The van der Waals surface area contributed by atoms with Crippen molar-refractivity contribution in [3.05, 3.63) is 23.8 Å². The quantitative estimate of drug-likeness (QED) is 0.852. The van der Waals surface area contributed by atoms with Crippen LogP contribution in [0, 0.1) is 0 Å². The summed E-state index contributed by atoms with van der Waals surface area (Å²) in [5, 5.41) is 2.82. The third kappa shape index (κ3) is 4.54. The van der Waals surface area contributed by atoms with Gasteiger partial charge in [-0.15, -0.1) is 0 Å². The van der Waals surface area contributed by atoms with Crippen LogP contribution in [0.3, 0.4) is 0 Å². The fraction of sp³-hybridized carbons (Fsp3) is 0.500. The maximum absolute atomic E-state index is 11.8. The van der Waals surface area contributed by atoms with Gasteiger partial charge in [-0.2, -0.15) is 0 Å². The summed E-state index contributed by atoms with van der Waals surface area (Å²) in [5.41, 5.74) is 1.77. The first kappa shape index (κ1) is 15.5. The minimum atomic E-state index is -0.498. The number of hydrogen-bond donors (Lipinski definition) is 1. The van der Waals surface area contributed by atoms with E-state index in [1.54, 1.807) is 14.0 Å². The van der Waals surface area contributed by atoms with Gasteiger partial charge in [0.05, 0.1) is 12.8 Å². The monoisotopic (exact) mass is 266 g/mol. The number of methoxy groups -OCH3 is 2. The van der Waals surface area contributed by atoms with Gasteiger partial charge >= 0.3 is 0 Å². The van der Waals surface area contributed by atoms with E-state index >= 15 is 0 Å². The zero-order valence-electron chi connectivity index (χ0n) is 12.2. The van der Waals surface area contributed by atoms with Crippen molar-refractivity contribution < 1.29 is 14.3 Å². The molecule has 0 spiro atoms. The molecule has 0 aliphatic carbocycles. The second-order valence-electron chi connectivity index (χ2n) is 4.64. The Balaban J connectivity index is 2.92. The smallest absolute Gasteiger partial charge is 0.253 e. The van der Waals surface area contributed by atoms with Gasteiger partial charge in [-0.25, -0.2) is 0 Å². The number of amides is 1. The Hall–Kier alpha value is -1.59. The van der Waals surface area contributed by atoms with Crippen molar-refractivity contribution in [2.45, 2.75) is 19.6 Å². The molecule has 5 heteroatoms. The molecule has 0 saturated heterocycles. The molecule has 0 aromatic heterocycles. The molecule has 0 radical (unpaired) electrons. The van der Waals surface area contributed by atoms with Crippen molar-refractivity contribution in [1.29, 1.82) is 0 Å². The molecule has 0 bridgehead atoms. The molecule has 19 heavy (non-hydrogen) atoms. The van der Waals surface area contributed by atoms with E-state index in [1.807, 2.05) is 32.3 Å². The maximum Gasteiger partial charge on any atom is 0.253 e. The van der Waals surface area contributed by atoms with Gasteiger partial charge < -0.3 is 19.7 Å². The average molecular weight is 266 g/mol. The fourth-order valence-corrected chi connectivity index (χ4v) is 1.66. The van der Waals surface area contributed by atoms with Crippen molar-refractivity contribution in [3.63, 3.8) is 0 Å². The lowest BCUT2D eigenvalue weighted by Crippen LogP contribution is -2.26. The van der Waals surface area contributed by atoms with Crippen LogP contribution in [0.25, 0.3) is 0 Å². The molecule has 1 N–H and O–H groups in total. The molecular formula is C14H22N2O3. The summed E-state index contributed by atoms with van der Waals surface area (Å²) in [5.74, 6) is 0.446. The highest BCUT2D eigenvalue weighted by molar-refractivity contribution is 5.95. The second kappa shape index (κ2) is 7.11. The molecule has 1 rings (SSSR count). The lowest BCUT2D eigenvalue weighted by atomic mass is 10.1. The van der Waals surface area contributed by atoms with E-state index < -0.39 is 6.10 Å². The van der Waals surface area contributed by atoms with Crippen molar-refractivity contribution in [3.8, 4) is 5.75 Å². The molecule has 5 nitrogen and oxygen atoms in total. The number of nitrogens with zero attached hydrogens (tertiary/aromatic N) is 1. The summed E-state index contributed by atoms with van der Waals surface area (Å²) in [7, 11) is 7.07. The van der Waals surface area contributed by atoms with Gasteiger partial charge in [-0.05, 0) is 38.7 Å². The van der Waals surface area contributed by atoms with Crippen LogP contribution in [0.2, 0.25) is 0 Å². The van der Waals surface area contributed by atoms with Crippen molar-refractivity contribution >= 4 is 11.6 Å².